The molecule has 1 aromatic carbocycles. The average Bonchev–Trinajstić information content (AvgIpc) is 3.69. The van der Waals surface area contributed by atoms with Gasteiger partial charge in [0.15, 0.2) is 0 Å². The van der Waals surface area contributed by atoms with Crippen molar-refractivity contribution in [3.05, 3.63) is 41.0 Å². The Bertz CT molecular complexity index is 1490. The molecule has 1 aromatic heterocycles. The lowest BCUT2D eigenvalue weighted by Gasteiger charge is -2.35. The Morgan fingerprint density at radius 2 is 1.62 bits per heavy atom. The molecule has 4 N–H and O–H groups in total. The van der Waals surface area contributed by atoms with Gasteiger partial charge >= 0.3 is 6.09 Å². The van der Waals surface area contributed by atoms with E-state index in [4.69, 9.17) is 4.74 Å². The van der Waals surface area contributed by atoms with Crippen LogP contribution in [0.15, 0.2) is 29.8 Å². The molecule has 2 fully saturated rings. The summed E-state index contributed by atoms with van der Waals surface area (Å²) in [4.78, 5) is 63.9. The molecule has 2 aliphatic heterocycles. The van der Waals surface area contributed by atoms with Crippen molar-refractivity contribution in [1.29, 1.82) is 0 Å². The maximum Gasteiger partial charge on any atom is 0.407 e. The first kappa shape index (κ1) is 41.2. The van der Waals surface area contributed by atoms with E-state index in [1.165, 1.54) is 4.90 Å². The van der Waals surface area contributed by atoms with Gasteiger partial charge in [0.25, 0.3) is 0 Å². The van der Waals surface area contributed by atoms with Gasteiger partial charge in [0.2, 0.25) is 17.7 Å². The summed E-state index contributed by atoms with van der Waals surface area (Å²) in [5, 5.41) is 19.3. The Balaban J connectivity index is 1.19. The van der Waals surface area contributed by atoms with Crippen LogP contribution in [-0.4, -0.2) is 125 Å². The van der Waals surface area contributed by atoms with E-state index in [-0.39, 0.29) is 37.2 Å². The van der Waals surface area contributed by atoms with Gasteiger partial charge in [-0.2, -0.15) is 0 Å². The Labute approximate surface area is 312 Å². The molecule has 4 rings (SSSR count). The number of aryl methyl sites for hydroxylation is 1. The Hall–Kier alpha value is -3.59. The number of amides is 4. The van der Waals surface area contributed by atoms with Crippen LogP contribution in [0.25, 0.3) is 10.4 Å². The fraction of sp³-hybridized carbons (Fsp3) is 0.658. The predicted octanol–water partition coefficient (Wildman–Crippen LogP) is 3.54. The number of β-amino-alcohol motifs (C(OH)–C–C–N with tert-alkyl or cyclic N) is 1. The summed E-state index contributed by atoms with van der Waals surface area (Å²) in [5.74, 6) is -0.890. The topological polar surface area (TPSA) is 156 Å². The lowest BCUT2D eigenvalue weighted by molar-refractivity contribution is -0.144. The molecule has 13 nitrogen and oxygen atoms in total. The van der Waals surface area contributed by atoms with Gasteiger partial charge in [-0.1, -0.05) is 45.0 Å². The van der Waals surface area contributed by atoms with Crippen molar-refractivity contribution in [1.82, 2.24) is 35.6 Å². The van der Waals surface area contributed by atoms with Crippen molar-refractivity contribution in [3.63, 3.8) is 0 Å². The number of unbranched alkanes of at least 4 members (excludes halogenated alkanes) is 1. The minimum absolute atomic E-state index is 0.0375. The van der Waals surface area contributed by atoms with Crippen molar-refractivity contribution in [3.8, 4) is 10.4 Å². The first-order valence-electron chi connectivity index (χ1n) is 18.5. The van der Waals surface area contributed by atoms with E-state index in [0.29, 0.717) is 19.4 Å². The normalized spacial score (nSPS) is 19.3. The molecule has 2 saturated heterocycles. The molecule has 0 bridgehead atoms. The van der Waals surface area contributed by atoms with Gasteiger partial charge in [-0.3, -0.25) is 19.3 Å². The van der Waals surface area contributed by atoms with Crippen molar-refractivity contribution in [2.75, 3.05) is 52.4 Å². The number of carbonyl (C=O) groups is 4. The predicted molar refractivity (Wildman–Crippen MR) is 203 cm³/mol. The van der Waals surface area contributed by atoms with Crippen LogP contribution in [0.1, 0.15) is 78.5 Å². The lowest BCUT2D eigenvalue weighted by Crippen LogP contribution is -2.57. The zero-order chi connectivity index (χ0) is 38.1. The highest BCUT2D eigenvalue weighted by atomic mass is 32.1. The number of thiazole rings is 1. The Morgan fingerprint density at radius 3 is 2.21 bits per heavy atom. The van der Waals surface area contributed by atoms with Gasteiger partial charge in [0, 0.05) is 65.2 Å². The van der Waals surface area contributed by atoms with Gasteiger partial charge < -0.3 is 35.6 Å². The van der Waals surface area contributed by atoms with Gasteiger partial charge in [0.05, 0.1) is 22.2 Å². The molecule has 2 aromatic rings. The van der Waals surface area contributed by atoms with Crippen LogP contribution in [0.2, 0.25) is 0 Å². The summed E-state index contributed by atoms with van der Waals surface area (Å²) < 4.78 is 5.29. The van der Waals surface area contributed by atoms with Crippen LogP contribution in [0.4, 0.5) is 4.79 Å². The Kier molecular flexibility index (Phi) is 14.6. The molecule has 288 valence electrons. The molecule has 52 heavy (non-hydrogen) atoms. The third-order valence-corrected chi connectivity index (χ3v) is 10.4. The number of aliphatic hydroxyl groups excluding tert-OH is 1. The summed E-state index contributed by atoms with van der Waals surface area (Å²) in [6.07, 6.45) is 0.763. The second kappa shape index (κ2) is 18.4. The summed E-state index contributed by atoms with van der Waals surface area (Å²) in [6, 6.07) is 6.26. The molecule has 3 atom stereocenters. The van der Waals surface area contributed by atoms with Gasteiger partial charge in [-0.05, 0) is 63.6 Å². The quantitative estimate of drug-likeness (QED) is 0.213. The number of nitrogens with zero attached hydrogens (tertiary/aromatic N) is 4. The molecule has 0 unspecified atom stereocenters. The number of likely N-dealkylation sites (tertiary alicyclic amines) is 1. The first-order valence-corrected chi connectivity index (χ1v) is 19.3. The fourth-order valence-corrected chi connectivity index (χ4v) is 7.31. The van der Waals surface area contributed by atoms with E-state index >= 15 is 0 Å². The van der Waals surface area contributed by atoms with E-state index in [1.54, 1.807) is 11.3 Å². The number of aromatic nitrogens is 1. The molecular weight excluding hydrogens is 683 g/mol. The van der Waals surface area contributed by atoms with Gasteiger partial charge in [0.1, 0.15) is 17.7 Å². The third-order valence-electron chi connectivity index (χ3n) is 9.40. The van der Waals surface area contributed by atoms with E-state index in [0.717, 1.165) is 67.4 Å². The number of rotatable bonds is 14. The van der Waals surface area contributed by atoms with Crippen LogP contribution < -0.4 is 16.0 Å². The van der Waals surface area contributed by atoms with Gasteiger partial charge in [-0.15, -0.1) is 11.3 Å². The minimum atomic E-state index is -0.846. The maximum absolute atomic E-state index is 13.9. The molecule has 4 amide bonds. The number of aliphatic hydroxyl groups is 1. The molecule has 3 heterocycles. The van der Waals surface area contributed by atoms with Crippen molar-refractivity contribution in [2.24, 2.45) is 5.41 Å². The standard InChI is InChI=1S/C38H59N7O6S/c1-26-32(52-25-41-26)28-13-11-27(12-14-28)23-40-34(48)30-22-29(46)24-45(30)35(49)33(37(2,3)4)42-31(47)10-8-9-16-43-18-20-44(21-19-43)17-15-39-36(50)51-38(5,6)7/h11-14,25,29-30,33,46H,8-10,15-24H2,1-7H3,(H,39,50)(H,40,48)(H,42,47)/t29-,30+,33-/m1/s1. The van der Waals surface area contributed by atoms with Crippen molar-refractivity contribution in [2.45, 2.75) is 104 Å². The monoisotopic (exact) mass is 741 g/mol. The third kappa shape index (κ3) is 12.5. The smallest absolute Gasteiger partial charge is 0.407 e. The summed E-state index contributed by atoms with van der Waals surface area (Å²) in [5.41, 5.74) is 3.66. The summed E-state index contributed by atoms with van der Waals surface area (Å²) in [6.45, 7) is 19.4. The molecule has 0 spiro atoms. The second-order valence-electron chi connectivity index (χ2n) is 16.0. The Morgan fingerprint density at radius 1 is 0.962 bits per heavy atom. The zero-order valence-corrected chi connectivity index (χ0v) is 32.8. The molecule has 2 aliphatic rings. The number of benzene rings is 1. The van der Waals surface area contributed by atoms with Crippen LogP contribution in [0, 0.1) is 12.3 Å². The van der Waals surface area contributed by atoms with Crippen LogP contribution in [-0.2, 0) is 25.7 Å². The van der Waals surface area contributed by atoms with Crippen molar-refractivity contribution >= 4 is 35.2 Å². The first-order chi connectivity index (χ1) is 24.5. The van der Waals surface area contributed by atoms with E-state index in [2.05, 4.69) is 30.7 Å². The molecular formula is C38H59N7O6S. The maximum atomic E-state index is 13.9. The van der Waals surface area contributed by atoms with E-state index in [1.807, 2.05) is 78.2 Å². The number of ether oxygens (including phenoxy) is 1. The minimum Gasteiger partial charge on any atom is -0.444 e. The average molecular weight is 742 g/mol. The largest absolute Gasteiger partial charge is 0.444 e. The van der Waals surface area contributed by atoms with Crippen LogP contribution >= 0.6 is 11.3 Å². The number of carbonyl (C=O) groups excluding carboxylic acids is 4. The number of nitrogens with one attached hydrogen (secondary N) is 3. The number of piperazine rings is 1. The highest BCUT2D eigenvalue weighted by Crippen LogP contribution is 2.28. The van der Waals surface area contributed by atoms with Gasteiger partial charge in [-0.25, -0.2) is 9.78 Å². The highest BCUT2D eigenvalue weighted by Gasteiger charge is 2.44. The molecule has 0 radical (unpaired) electrons. The second-order valence-corrected chi connectivity index (χ2v) is 16.9. The van der Waals surface area contributed by atoms with E-state index < -0.39 is 35.3 Å². The van der Waals surface area contributed by atoms with Crippen LogP contribution in [0.3, 0.4) is 0 Å². The highest BCUT2D eigenvalue weighted by molar-refractivity contribution is 7.13. The summed E-state index contributed by atoms with van der Waals surface area (Å²) >= 11 is 1.58. The molecule has 0 saturated carbocycles. The van der Waals surface area contributed by atoms with Crippen LogP contribution in [0.5, 0.6) is 0 Å². The number of hydrogen-bond acceptors (Lipinski definition) is 10. The summed E-state index contributed by atoms with van der Waals surface area (Å²) in [7, 11) is 0. The van der Waals surface area contributed by atoms with E-state index in [9.17, 15) is 24.3 Å². The molecule has 0 aliphatic carbocycles. The number of hydrogen-bond donors (Lipinski definition) is 4. The molecule has 14 heteroatoms. The van der Waals surface area contributed by atoms with Crippen molar-refractivity contribution < 1.29 is 29.0 Å². The fourth-order valence-electron chi connectivity index (χ4n) is 6.50. The number of alkyl carbamates (subject to hydrolysis) is 1. The zero-order valence-electron chi connectivity index (χ0n) is 32.0. The lowest BCUT2D eigenvalue weighted by atomic mass is 9.85. The SMILES string of the molecule is Cc1ncsc1-c1ccc(CNC(=O)[C@@H]2C[C@@H](O)CN2C(=O)[C@@H](NC(=O)CCCCN2CCN(CCNC(=O)OC(C)(C)C)CC2)C(C)(C)C)cc1.